The highest BCUT2D eigenvalue weighted by molar-refractivity contribution is 5.82. The molecule has 0 heterocycles. The van der Waals surface area contributed by atoms with Gasteiger partial charge in [-0.1, -0.05) is 0 Å². The second-order valence-corrected chi connectivity index (χ2v) is 3.10. The molecule has 1 rings (SSSR count). The number of carboxylic acids is 1. The van der Waals surface area contributed by atoms with Crippen LogP contribution in [-0.2, 0) is 4.79 Å². The number of nitrogens with two attached hydrogens (primary N) is 3. The third kappa shape index (κ3) is 1.28. The summed E-state index contributed by atoms with van der Waals surface area (Å²) in [4.78, 5) is 10.7. The lowest BCUT2D eigenvalue weighted by Gasteiger charge is -2.30. The molecule has 0 aromatic heterocycles. The first-order valence-corrected chi connectivity index (χ1v) is 3.72. The van der Waals surface area contributed by atoms with Gasteiger partial charge in [0.1, 0.15) is 0 Å². The van der Waals surface area contributed by atoms with Gasteiger partial charge < -0.3 is 22.3 Å². The minimum Gasteiger partial charge on any atom is -0.480 e. The molecule has 0 aromatic rings. The molecule has 0 bridgehead atoms. The van der Waals surface area contributed by atoms with Gasteiger partial charge in [0.2, 0.25) is 0 Å². The van der Waals surface area contributed by atoms with Crippen LogP contribution >= 0.6 is 0 Å². The maximum Gasteiger partial charge on any atom is 0.329 e. The van der Waals surface area contributed by atoms with Crippen molar-refractivity contribution in [2.75, 3.05) is 0 Å². The van der Waals surface area contributed by atoms with Crippen LogP contribution in [0.4, 0.5) is 0 Å². The van der Waals surface area contributed by atoms with Crippen molar-refractivity contribution < 1.29 is 9.90 Å². The zero-order valence-corrected chi connectivity index (χ0v) is 6.66. The highest BCUT2D eigenvalue weighted by atomic mass is 16.4. The molecule has 0 saturated carbocycles. The number of hydrogen-bond acceptors (Lipinski definition) is 4. The fourth-order valence-corrected chi connectivity index (χ4v) is 1.23. The van der Waals surface area contributed by atoms with Crippen molar-refractivity contribution in [2.45, 2.75) is 24.4 Å². The van der Waals surface area contributed by atoms with Crippen molar-refractivity contribution >= 4 is 5.97 Å². The van der Waals surface area contributed by atoms with E-state index in [0.29, 0.717) is 12.8 Å². The average Bonchev–Trinajstić information content (AvgIpc) is 1.97. The SMILES string of the molecule is NC1=CC(N)CCC1(N)C(=O)O. The maximum absolute atomic E-state index is 10.7. The minimum atomic E-state index is -1.41. The fourth-order valence-electron chi connectivity index (χ4n) is 1.23. The Bertz CT molecular complexity index is 239. The number of carboxylic acid groups (broad SMARTS) is 1. The first kappa shape index (κ1) is 9.02. The summed E-state index contributed by atoms with van der Waals surface area (Å²) in [6.07, 6.45) is 2.37. The van der Waals surface area contributed by atoms with E-state index in [4.69, 9.17) is 22.3 Å². The lowest BCUT2D eigenvalue weighted by Crippen LogP contribution is -2.55. The molecule has 0 aromatic carbocycles. The topological polar surface area (TPSA) is 115 Å². The molecular weight excluding hydrogens is 158 g/mol. The molecule has 12 heavy (non-hydrogen) atoms. The van der Waals surface area contributed by atoms with Crippen molar-refractivity contribution in [3.63, 3.8) is 0 Å². The second-order valence-electron chi connectivity index (χ2n) is 3.10. The summed E-state index contributed by atoms with van der Waals surface area (Å²) in [6.45, 7) is 0. The summed E-state index contributed by atoms with van der Waals surface area (Å²) in [5, 5.41) is 8.77. The Morgan fingerprint density at radius 3 is 2.75 bits per heavy atom. The average molecular weight is 171 g/mol. The Morgan fingerprint density at radius 1 is 1.75 bits per heavy atom. The first-order valence-electron chi connectivity index (χ1n) is 3.72. The lowest BCUT2D eigenvalue weighted by molar-refractivity contribution is -0.142. The molecule has 1 aliphatic rings. The molecular formula is C7H13N3O2. The van der Waals surface area contributed by atoms with Crippen LogP contribution in [0.15, 0.2) is 11.8 Å². The number of carbonyl (C=O) groups is 1. The largest absolute Gasteiger partial charge is 0.480 e. The van der Waals surface area contributed by atoms with Gasteiger partial charge in [0, 0.05) is 11.7 Å². The standard InChI is InChI=1S/C7H13N3O2/c8-4-1-2-7(10,6(11)12)5(9)3-4/h3-4H,1-2,8-10H2,(H,11,12). The number of hydrogen-bond donors (Lipinski definition) is 4. The van der Waals surface area contributed by atoms with E-state index in [0.717, 1.165) is 0 Å². The van der Waals surface area contributed by atoms with Crippen LogP contribution < -0.4 is 17.2 Å². The van der Waals surface area contributed by atoms with Crippen molar-refractivity contribution in [3.05, 3.63) is 11.8 Å². The van der Waals surface area contributed by atoms with Crippen LogP contribution in [0.25, 0.3) is 0 Å². The van der Waals surface area contributed by atoms with Crippen LogP contribution in [0.5, 0.6) is 0 Å². The first-order chi connectivity index (χ1) is 5.47. The monoisotopic (exact) mass is 171 g/mol. The number of rotatable bonds is 1. The molecule has 5 heteroatoms. The van der Waals surface area contributed by atoms with Gasteiger partial charge in [-0.2, -0.15) is 0 Å². The molecule has 0 radical (unpaired) electrons. The Balaban J connectivity index is 2.94. The molecule has 2 atom stereocenters. The fraction of sp³-hybridized carbons (Fsp3) is 0.571. The van der Waals surface area contributed by atoms with E-state index in [-0.39, 0.29) is 11.7 Å². The van der Waals surface area contributed by atoms with Crippen LogP contribution in [0.2, 0.25) is 0 Å². The van der Waals surface area contributed by atoms with E-state index < -0.39 is 11.5 Å². The predicted molar refractivity (Wildman–Crippen MR) is 44.0 cm³/mol. The Kier molecular flexibility index (Phi) is 2.08. The molecule has 1 aliphatic carbocycles. The van der Waals surface area contributed by atoms with Crippen LogP contribution in [0, 0.1) is 0 Å². The van der Waals surface area contributed by atoms with Crippen LogP contribution in [0.1, 0.15) is 12.8 Å². The smallest absolute Gasteiger partial charge is 0.329 e. The van der Waals surface area contributed by atoms with E-state index in [1.165, 1.54) is 6.08 Å². The molecule has 68 valence electrons. The zero-order chi connectivity index (χ0) is 9.35. The van der Waals surface area contributed by atoms with E-state index in [1.807, 2.05) is 0 Å². The summed E-state index contributed by atoms with van der Waals surface area (Å²) in [5.41, 5.74) is 15.3. The molecule has 2 unspecified atom stereocenters. The third-order valence-corrected chi connectivity index (χ3v) is 2.16. The van der Waals surface area contributed by atoms with Crippen molar-refractivity contribution in [1.29, 1.82) is 0 Å². The lowest BCUT2D eigenvalue weighted by atomic mass is 9.84. The van der Waals surface area contributed by atoms with Gasteiger partial charge in [-0.05, 0) is 18.9 Å². The van der Waals surface area contributed by atoms with Crippen molar-refractivity contribution in [3.8, 4) is 0 Å². The van der Waals surface area contributed by atoms with E-state index in [1.54, 1.807) is 0 Å². The van der Waals surface area contributed by atoms with Gasteiger partial charge in [-0.3, -0.25) is 0 Å². The normalized spacial score (nSPS) is 35.8. The van der Waals surface area contributed by atoms with Crippen molar-refractivity contribution in [1.82, 2.24) is 0 Å². The Morgan fingerprint density at radius 2 is 2.33 bits per heavy atom. The number of aliphatic carboxylic acids is 1. The Hall–Kier alpha value is -1.07. The van der Waals surface area contributed by atoms with Crippen LogP contribution in [0.3, 0.4) is 0 Å². The van der Waals surface area contributed by atoms with Gasteiger partial charge >= 0.3 is 5.97 Å². The Labute approximate surface area is 70.2 Å². The van der Waals surface area contributed by atoms with Gasteiger partial charge in [0.15, 0.2) is 5.54 Å². The third-order valence-electron chi connectivity index (χ3n) is 2.16. The second kappa shape index (κ2) is 2.76. The highest BCUT2D eigenvalue weighted by Gasteiger charge is 2.39. The van der Waals surface area contributed by atoms with Crippen LogP contribution in [-0.4, -0.2) is 22.7 Å². The van der Waals surface area contributed by atoms with E-state index >= 15 is 0 Å². The van der Waals surface area contributed by atoms with E-state index in [9.17, 15) is 4.79 Å². The highest BCUT2D eigenvalue weighted by Crippen LogP contribution is 2.23. The molecule has 0 aliphatic heterocycles. The maximum atomic E-state index is 10.7. The summed E-state index contributed by atoms with van der Waals surface area (Å²) in [6, 6.07) is -0.166. The summed E-state index contributed by atoms with van der Waals surface area (Å²) < 4.78 is 0. The van der Waals surface area contributed by atoms with E-state index in [2.05, 4.69) is 0 Å². The van der Waals surface area contributed by atoms with Crippen molar-refractivity contribution in [2.24, 2.45) is 17.2 Å². The molecule has 0 amide bonds. The molecule has 5 nitrogen and oxygen atoms in total. The zero-order valence-electron chi connectivity index (χ0n) is 6.66. The molecule has 0 saturated heterocycles. The molecule has 7 N–H and O–H groups in total. The predicted octanol–water partition coefficient (Wildman–Crippen LogP) is -1.27. The summed E-state index contributed by atoms with van der Waals surface area (Å²) in [7, 11) is 0. The van der Waals surface area contributed by atoms with Gasteiger partial charge in [-0.15, -0.1) is 0 Å². The molecule has 0 fully saturated rings. The van der Waals surface area contributed by atoms with Gasteiger partial charge in [-0.25, -0.2) is 4.79 Å². The van der Waals surface area contributed by atoms with Gasteiger partial charge in [0.25, 0.3) is 0 Å². The quantitative estimate of drug-likeness (QED) is 0.392. The summed E-state index contributed by atoms with van der Waals surface area (Å²) in [5.74, 6) is -1.09. The molecule has 0 spiro atoms. The summed E-state index contributed by atoms with van der Waals surface area (Å²) >= 11 is 0. The minimum absolute atomic E-state index is 0.161. The van der Waals surface area contributed by atoms with Gasteiger partial charge in [0.05, 0.1) is 0 Å².